The lowest BCUT2D eigenvalue weighted by molar-refractivity contribution is 0.102. The van der Waals surface area contributed by atoms with Gasteiger partial charge in [0.25, 0.3) is 0 Å². The molecule has 1 unspecified atom stereocenters. The third-order valence-electron chi connectivity index (χ3n) is 3.66. The maximum atomic E-state index is 11.8. The van der Waals surface area contributed by atoms with E-state index in [4.69, 9.17) is 4.74 Å². The summed E-state index contributed by atoms with van der Waals surface area (Å²) in [5.74, 6) is 0.744. The van der Waals surface area contributed by atoms with Gasteiger partial charge in [0, 0.05) is 25.8 Å². The van der Waals surface area contributed by atoms with E-state index < -0.39 is 0 Å². The molecule has 21 heavy (non-hydrogen) atoms. The Kier molecular flexibility index (Phi) is 6.53. The first-order chi connectivity index (χ1) is 10.3. The van der Waals surface area contributed by atoms with Crippen LogP contribution in [0.2, 0.25) is 0 Å². The molecule has 2 rings (SSSR count). The second-order valence-corrected chi connectivity index (χ2v) is 5.45. The molecule has 0 bridgehead atoms. The minimum absolute atomic E-state index is 0.162. The van der Waals surface area contributed by atoms with Gasteiger partial charge < -0.3 is 10.1 Å². The fourth-order valence-electron chi connectivity index (χ4n) is 2.56. The Morgan fingerprint density at radius 1 is 1.52 bits per heavy atom. The van der Waals surface area contributed by atoms with Crippen LogP contribution >= 0.6 is 0 Å². The quantitative estimate of drug-likeness (QED) is 0.724. The van der Waals surface area contributed by atoms with Crippen molar-refractivity contribution in [1.29, 1.82) is 0 Å². The molecule has 2 amide bonds. The smallest absolute Gasteiger partial charge is 0.320 e. The number of aromatic nitrogens is 2. The number of anilines is 1. The Hall–Kier alpha value is -1.56. The first kappa shape index (κ1) is 15.8. The zero-order valence-electron chi connectivity index (χ0n) is 12.8. The summed E-state index contributed by atoms with van der Waals surface area (Å²) in [6.45, 7) is 4.50. The molecule has 0 spiro atoms. The van der Waals surface area contributed by atoms with E-state index in [1.54, 1.807) is 10.9 Å². The van der Waals surface area contributed by atoms with Crippen molar-refractivity contribution in [3.63, 3.8) is 0 Å². The Labute approximate surface area is 126 Å². The molecule has 0 saturated carbocycles. The predicted molar refractivity (Wildman–Crippen MR) is 82.4 cm³/mol. The van der Waals surface area contributed by atoms with Crippen molar-refractivity contribution in [3.8, 4) is 0 Å². The monoisotopic (exact) mass is 294 g/mol. The van der Waals surface area contributed by atoms with Crippen molar-refractivity contribution in [3.05, 3.63) is 12.3 Å². The van der Waals surface area contributed by atoms with Gasteiger partial charge in [-0.1, -0.05) is 6.92 Å². The SMILES string of the molecule is CCCn1nccc1NC(=O)NCCCCC1CCCO1. The van der Waals surface area contributed by atoms with Crippen molar-refractivity contribution in [2.45, 2.75) is 58.1 Å². The second-order valence-electron chi connectivity index (χ2n) is 5.45. The van der Waals surface area contributed by atoms with Gasteiger partial charge in [-0.05, 0) is 38.5 Å². The summed E-state index contributed by atoms with van der Waals surface area (Å²) in [6, 6.07) is 1.65. The Morgan fingerprint density at radius 2 is 2.43 bits per heavy atom. The highest BCUT2D eigenvalue weighted by Gasteiger charge is 2.14. The molecule has 1 fully saturated rings. The Bertz CT molecular complexity index is 427. The van der Waals surface area contributed by atoms with E-state index in [0.717, 1.165) is 44.7 Å². The van der Waals surface area contributed by atoms with Gasteiger partial charge in [-0.25, -0.2) is 9.48 Å². The molecular weight excluding hydrogens is 268 g/mol. The molecule has 2 heterocycles. The standard InChI is InChI=1S/C15H26N4O2/c1-2-11-19-14(8-10-17-19)18-15(20)16-9-4-3-6-13-7-5-12-21-13/h8,10,13H,2-7,9,11-12H2,1H3,(H2,16,18,20). The van der Waals surface area contributed by atoms with Crippen LogP contribution in [0.4, 0.5) is 10.6 Å². The number of ether oxygens (including phenoxy) is 1. The molecule has 0 aromatic carbocycles. The van der Waals surface area contributed by atoms with E-state index in [0.29, 0.717) is 12.6 Å². The van der Waals surface area contributed by atoms with Gasteiger partial charge >= 0.3 is 6.03 Å². The molecule has 118 valence electrons. The van der Waals surface area contributed by atoms with Crippen molar-refractivity contribution in [1.82, 2.24) is 15.1 Å². The molecule has 1 aromatic rings. The zero-order chi connectivity index (χ0) is 14.9. The van der Waals surface area contributed by atoms with Crippen molar-refractivity contribution in [2.24, 2.45) is 0 Å². The summed E-state index contributed by atoms with van der Waals surface area (Å²) < 4.78 is 7.38. The van der Waals surface area contributed by atoms with Crippen LogP contribution in [0, 0.1) is 0 Å². The minimum Gasteiger partial charge on any atom is -0.378 e. The number of nitrogens with zero attached hydrogens (tertiary/aromatic N) is 2. The number of hydrogen-bond acceptors (Lipinski definition) is 3. The van der Waals surface area contributed by atoms with E-state index in [9.17, 15) is 4.79 Å². The molecule has 1 aliphatic heterocycles. The Morgan fingerprint density at radius 3 is 3.19 bits per heavy atom. The lowest BCUT2D eigenvalue weighted by atomic mass is 10.1. The topological polar surface area (TPSA) is 68.2 Å². The number of carbonyl (C=O) groups is 1. The van der Waals surface area contributed by atoms with E-state index in [-0.39, 0.29) is 6.03 Å². The summed E-state index contributed by atoms with van der Waals surface area (Å²) in [7, 11) is 0. The normalized spacial score (nSPS) is 17.9. The van der Waals surface area contributed by atoms with Crippen LogP contribution in [0.25, 0.3) is 0 Å². The van der Waals surface area contributed by atoms with E-state index in [2.05, 4.69) is 22.7 Å². The summed E-state index contributed by atoms with van der Waals surface area (Å²) >= 11 is 0. The van der Waals surface area contributed by atoms with E-state index in [1.165, 1.54) is 12.8 Å². The van der Waals surface area contributed by atoms with Crippen LogP contribution in [-0.2, 0) is 11.3 Å². The number of hydrogen-bond donors (Lipinski definition) is 2. The van der Waals surface area contributed by atoms with Crippen molar-refractivity contribution >= 4 is 11.8 Å². The molecule has 1 saturated heterocycles. The molecule has 6 heteroatoms. The molecule has 0 radical (unpaired) electrons. The number of nitrogens with one attached hydrogen (secondary N) is 2. The Balaban J connectivity index is 1.57. The minimum atomic E-state index is -0.162. The van der Waals surface area contributed by atoms with Crippen LogP contribution in [0.5, 0.6) is 0 Å². The maximum absolute atomic E-state index is 11.8. The number of unbranched alkanes of at least 4 members (excludes halogenated alkanes) is 1. The van der Waals surface area contributed by atoms with E-state index in [1.807, 2.05) is 6.07 Å². The lowest BCUT2D eigenvalue weighted by Crippen LogP contribution is -2.30. The van der Waals surface area contributed by atoms with Crippen LogP contribution in [0.15, 0.2) is 12.3 Å². The number of amides is 2. The number of urea groups is 1. The van der Waals surface area contributed by atoms with Gasteiger partial charge in [0.05, 0.1) is 12.3 Å². The van der Waals surface area contributed by atoms with Gasteiger partial charge in [0.1, 0.15) is 5.82 Å². The highest BCUT2D eigenvalue weighted by molar-refractivity contribution is 5.88. The first-order valence-electron chi connectivity index (χ1n) is 7.98. The molecule has 0 aliphatic carbocycles. The van der Waals surface area contributed by atoms with Gasteiger partial charge in [-0.15, -0.1) is 0 Å². The van der Waals surface area contributed by atoms with Crippen LogP contribution < -0.4 is 10.6 Å². The second kappa shape index (κ2) is 8.67. The summed E-state index contributed by atoms with van der Waals surface area (Å²) in [5, 5.41) is 9.89. The molecule has 6 nitrogen and oxygen atoms in total. The third kappa shape index (κ3) is 5.38. The average molecular weight is 294 g/mol. The summed E-state index contributed by atoms with van der Waals surface area (Å²) in [4.78, 5) is 11.8. The fourth-order valence-corrected chi connectivity index (χ4v) is 2.56. The largest absolute Gasteiger partial charge is 0.378 e. The van der Waals surface area contributed by atoms with Gasteiger partial charge in [-0.3, -0.25) is 5.32 Å². The molecule has 1 aromatic heterocycles. The number of carbonyl (C=O) groups excluding carboxylic acids is 1. The molecule has 1 aliphatic rings. The third-order valence-corrected chi connectivity index (χ3v) is 3.66. The summed E-state index contributed by atoms with van der Waals surface area (Å²) in [5.41, 5.74) is 0. The van der Waals surface area contributed by atoms with Crippen LogP contribution in [0.1, 0.15) is 45.4 Å². The van der Waals surface area contributed by atoms with Crippen LogP contribution in [-0.4, -0.2) is 35.1 Å². The van der Waals surface area contributed by atoms with Gasteiger partial charge in [-0.2, -0.15) is 5.10 Å². The van der Waals surface area contributed by atoms with Crippen molar-refractivity contribution < 1.29 is 9.53 Å². The van der Waals surface area contributed by atoms with Gasteiger partial charge in [0.15, 0.2) is 0 Å². The maximum Gasteiger partial charge on any atom is 0.320 e. The summed E-state index contributed by atoms with van der Waals surface area (Å²) in [6.07, 6.45) is 8.70. The number of aryl methyl sites for hydroxylation is 1. The van der Waals surface area contributed by atoms with Crippen molar-refractivity contribution in [2.75, 3.05) is 18.5 Å². The highest BCUT2D eigenvalue weighted by Crippen LogP contribution is 2.17. The lowest BCUT2D eigenvalue weighted by Gasteiger charge is -2.10. The van der Waals surface area contributed by atoms with Gasteiger partial charge in [0.2, 0.25) is 0 Å². The molecule has 2 N–H and O–H groups in total. The van der Waals surface area contributed by atoms with Crippen LogP contribution in [0.3, 0.4) is 0 Å². The highest BCUT2D eigenvalue weighted by atomic mass is 16.5. The molecular formula is C15H26N4O2. The number of rotatable bonds is 8. The molecule has 1 atom stereocenters. The van der Waals surface area contributed by atoms with E-state index >= 15 is 0 Å². The zero-order valence-corrected chi connectivity index (χ0v) is 12.8. The predicted octanol–water partition coefficient (Wildman–Crippen LogP) is 2.76. The average Bonchev–Trinajstić information content (AvgIpc) is 3.11. The fraction of sp³-hybridized carbons (Fsp3) is 0.733. The first-order valence-corrected chi connectivity index (χ1v) is 7.98.